The summed E-state index contributed by atoms with van der Waals surface area (Å²) >= 11 is 5.70. The number of pyridine rings is 1. The van der Waals surface area contributed by atoms with Crippen molar-refractivity contribution in [2.45, 2.75) is 5.92 Å². The molecule has 0 aromatic carbocycles. The van der Waals surface area contributed by atoms with E-state index in [9.17, 15) is 0 Å². The van der Waals surface area contributed by atoms with Crippen LogP contribution in [0.15, 0.2) is 24.5 Å². The van der Waals surface area contributed by atoms with E-state index in [2.05, 4.69) is 16.0 Å². The highest BCUT2D eigenvalue weighted by Gasteiger charge is 2.13. The molecule has 0 aliphatic heterocycles. The summed E-state index contributed by atoms with van der Waals surface area (Å²) in [5.41, 5.74) is 1.72. The number of halogens is 1. The molecule has 2 heterocycles. The Balaban J connectivity index is 2.59. The number of rotatable bonds is 2. The molecular weight excluding hydrogens is 198 g/mol. The van der Waals surface area contributed by atoms with E-state index in [-0.39, 0.29) is 5.92 Å². The first kappa shape index (κ1) is 9.04. The first-order chi connectivity index (χ1) is 6.86. The van der Waals surface area contributed by atoms with Crippen LogP contribution in [0.5, 0.6) is 0 Å². The lowest BCUT2D eigenvalue weighted by Gasteiger charge is -2.01. The summed E-state index contributed by atoms with van der Waals surface area (Å²) in [4.78, 5) is 7.16. The molecule has 4 heteroatoms. The number of hydrogen-bond donors (Lipinski definition) is 1. The van der Waals surface area contributed by atoms with Crippen molar-refractivity contribution in [3.63, 3.8) is 0 Å². The molecule has 0 aliphatic rings. The van der Waals surface area contributed by atoms with Gasteiger partial charge >= 0.3 is 0 Å². The van der Waals surface area contributed by atoms with E-state index >= 15 is 0 Å². The van der Waals surface area contributed by atoms with Crippen LogP contribution in [0.3, 0.4) is 0 Å². The molecule has 2 aromatic heterocycles. The Kier molecular flexibility index (Phi) is 2.38. The second-order valence-electron chi connectivity index (χ2n) is 2.98. The standard InChI is InChI=1S/C10H8ClN3/c11-4-7(5-12)9-6-14-10-8(9)2-1-3-13-10/h1-3,6-7H,4H2,(H,13,14). The Morgan fingerprint density at radius 2 is 2.50 bits per heavy atom. The van der Waals surface area contributed by atoms with Gasteiger partial charge in [0.05, 0.1) is 12.0 Å². The van der Waals surface area contributed by atoms with Crippen molar-refractivity contribution in [1.29, 1.82) is 5.26 Å². The monoisotopic (exact) mass is 205 g/mol. The summed E-state index contributed by atoms with van der Waals surface area (Å²) in [6.07, 6.45) is 3.51. The average molecular weight is 206 g/mol. The molecule has 0 radical (unpaired) electrons. The van der Waals surface area contributed by atoms with Gasteiger partial charge in [0, 0.05) is 23.7 Å². The fourth-order valence-corrected chi connectivity index (χ4v) is 1.69. The normalized spacial score (nSPS) is 12.6. The lowest BCUT2D eigenvalue weighted by molar-refractivity contribution is 1.00. The lowest BCUT2D eigenvalue weighted by Crippen LogP contribution is -1.95. The second-order valence-corrected chi connectivity index (χ2v) is 3.29. The van der Waals surface area contributed by atoms with Crippen molar-refractivity contribution in [2.75, 3.05) is 5.88 Å². The number of fused-ring (bicyclic) bond motifs is 1. The van der Waals surface area contributed by atoms with E-state index in [0.717, 1.165) is 16.6 Å². The van der Waals surface area contributed by atoms with Crippen LogP contribution in [0, 0.1) is 11.3 Å². The average Bonchev–Trinajstić information content (AvgIpc) is 2.65. The summed E-state index contributed by atoms with van der Waals surface area (Å²) in [5, 5.41) is 9.86. The zero-order valence-electron chi connectivity index (χ0n) is 7.37. The van der Waals surface area contributed by atoms with Crippen molar-refractivity contribution >= 4 is 22.6 Å². The summed E-state index contributed by atoms with van der Waals surface area (Å²) in [6, 6.07) is 5.95. The number of aromatic nitrogens is 2. The van der Waals surface area contributed by atoms with E-state index in [1.807, 2.05) is 12.1 Å². The van der Waals surface area contributed by atoms with E-state index < -0.39 is 0 Å². The van der Waals surface area contributed by atoms with Gasteiger partial charge in [-0.25, -0.2) is 4.98 Å². The molecule has 2 rings (SSSR count). The Morgan fingerprint density at radius 3 is 3.21 bits per heavy atom. The summed E-state index contributed by atoms with van der Waals surface area (Å²) in [5.74, 6) is 0.0350. The minimum absolute atomic E-state index is 0.269. The van der Waals surface area contributed by atoms with Gasteiger partial charge in [-0.05, 0) is 17.7 Å². The van der Waals surface area contributed by atoms with Gasteiger partial charge in [-0.2, -0.15) is 5.26 Å². The first-order valence-electron chi connectivity index (χ1n) is 4.24. The highest BCUT2D eigenvalue weighted by molar-refractivity contribution is 6.18. The molecule has 0 saturated heterocycles. The smallest absolute Gasteiger partial charge is 0.137 e. The minimum Gasteiger partial charge on any atom is -0.346 e. The van der Waals surface area contributed by atoms with Gasteiger partial charge in [0.2, 0.25) is 0 Å². The molecule has 0 fully saturated rings. The molecule has 1 N–H and O–H groups in total. The van der Waals surface area contributed by atoms with Crippen molar-refractivity contribution < 1.29 is 0 Å². The van der Waals surface area contributed by atoms with Crippen molar-refractivity contribution in [2.24, 2.45) is 0 Å². The molecule has 0 saturated carbocycles. The van der Waals surface area contributed by atoms with Gasteiger partial charge < -0.3 is 4.98 Å². The maximum Gasteiger partial charge on any atom is 0.137 e. The van der Waals surface area contributed by atoms with Crippen LogP contribution in [0.2, 0.25) is 0 Å². The van der Waals surface area contributed by atoms with Crippen LogP contribution in [-0.4, -0.2) is 15.8 Å². The molecule has 70 valence electrons. The SMILES string of the molecule is N#CC(CCl)c1c[nH]c2ncccc12. The van der Waals surface area contributed by atoms with Crippen molar-refractivity contribution in [3.05, 3.63) is 30.1 Å². The van der Waals surface area contributed by atoms with E-state index in [4.69, 9.17) is 16.9 Å². The summed E-state index contributed by atoms with van der Waals surface area (Å²) in [6.45, 7) is 0. The number of alkyl halides is 1. The number of hydrogen-bond acceptors (Lipinski definition) is 2. The van der Waals surface area contributed by atoms with Crippen LogP contribution >= 0.6 is 11.6 Å². The van der Waals surface area contributed by atoms with Gasteiger partial charge in [-0.15, -0.1) is 11.6 Å². The van der Waals surface area contributed by atoms with Gasteiger partial charge in [0.25, 0.3) is 0 Å². The fraction of sp³-hybridized carbons (Fsp3) is 0.200. The predicted molar refractivity (Wildman–Crippen MR) is 55.2 cm³/mol. The third-order valence-corrected chi connectivity index (χ3v) is 2.48. The van der Waals surface area contributed by atoms with Gasteiger partial charge in [-0.3, -0.25) is 0 Å². The lowest BCUT2D eigenvalue weighted by atomic mass is 10.0. The maximum absolute atomic E-state index is 8.89. The molecular formula is C10H8ClN3. The van der Waals surface area contributed by atoms with Gasteiger partial charge in [-0.1, -0.05) is 0 Å². The molecule has 1 atom stereocenters. The number of nitrogens with zero attached hydrogens (tertiary/aromatic N) is 2. The largest absolute Gasteiger partial charge is 0.346 e. The molecule has 0 spiro atoms. The zero-order chi connectivity index (χ0) is 9.97. The third kappa shape index (κ3) is 1.34. The van der Waals surface area contributed by atoms with Gasteiger partial charge in [0.15, 0.2) is 0 Å². The van der Waals surface area contributed by atoms with Gasteiger partial charge in [0.1, 0.15) is 5.65 Å². The van der Waals surface area contributed by atoms with E-state index in [1.165, 1.54) is 0 Å². The third-order valence-electron chi connectivity index (χ3n) is 2.17. The summed E-state index contributed by atoms with van der Waals surface area (Å²) < 4.78 is 0. The number of H-pyrrole nitrogens is 1. The molecule has 1 unspecified atom stereocenters. The molecule has 3 nitrogen and oxygen atoms in total. The van der Waals surface area contributed by atoms with Crippen LogP contribution in [0.1, 0.15) is 11.5 Å². The quantitative estimate of drug-likeness (QED) is 0.766. The molecule has 14 heavy (non-hydrogen) atoms. The Morgan fingerprint density at radius 1 is 1.64 bits per heavy atom. The first-order valence-corrected chi connectivity index (χ1v) is 4.78. The fourth-order valence-electron chi connectivity index (χ4n) is 1.45. The second kappa shape index (κ2) is 3.69. The number of nitrogens with one attached hydrogen (secondary N) is 1. The van der Waals surface area contributed by atoms with Crippen LogP contribution in [-0.2, 0) is 0 Å². The number of nitriles is 1. The Labute approximate surface area is 86.3 Å². The Bertz CT molecular complexity index is 483. The summed E-state index contributed by atoms with van der Waals surface area (Å²) in [7, 11) is 0. The van der Waals surface area contributed by atoms with Crippen molar-refractivity contribution in [1.82, 2.24) is 9.97 Å². The van der Waals surface area contributed by atoms with Crippen molar-refractivity contribution in [3.8, 4) is 6.07 Å². The Hall–Kier alpha value is -1.53. The molecule has 2 aromatic rings. The van der Waals surface area contributed by atoms with E-state index in [0.29, 0.717) is 5.88 Å². The molecule has 0 amide bonds. The van der Waals surface area contributed by atoms with Crippen LogP contribution in [0.4, 0.5) is 0 Å². The topological polar surface area (TPSA) is 52.5 Å². The van der Waals surface area contributed by atoms with Crippen LogP contribution in [0.25, 0.3) is 11.0 Å². The molecule has 0 bridgehead atoms. The number of aromatic amines is 1. The minimum atomic E-state index is -0.269. The predicted octanol–water partition coefficient (Wildman–Crippen LogP) is 2.41. The highest BCUT2D eigenvalue weighted by atomic mass is 35.5. The maximum atomic E-state index is 8.89. The zero-order valence-corrected chi connectivity index (χ0v) is 8.12. The van der Waals surface area contributed by atoms with Crippen LogP contribution < -0.4 is 0 Å². The highest BCUT2D eigenvalue weighted by Crippen LogP contribution is 2.24. The van der Waals surface area contributed by atoms with E-state index in [1.54, 1.807) is 12.4 Å². The molecule has 0 aliphatic carbocycles.